The third-order valence-corrected chi connectivity index (χ3v) is 14.4. The molecule has 0 fully saturated rings. The van der Waals surface area contributed by atoms with Gasteiger partial charge in [0.15, 0.2) is 0 Å². The van der Waals surface area contributed by atoms with Gasteiger partial charge in [0.1, 0.15) is 0 Å². The monoisotopic (exact) mass is 936 g/mol. The molecule has 0 unspecified atom stereocenters. The van der Waals surface area contributed by atoms with E-state index >= 15 is 0 Å². The first kappa shape index (κ1) is 45.2. The third kappa shape index (κ3) is 8.41. The summed E-state index contributed by atoms with van der Waals surface area (Å²) in [7, 11) is 0. The first-order valence-corrected chi connectivity index (χ1v) is 25.8. The fraction of sp³-hybridized carbons (Fsp3) is 0.0704. The van der Waals surface area contributed by atoms with Gasteiger partial charge in [-0.05, 0) is 189 Å². The van der Waals surface area contributed by atoms with Gasteiger partial charge >= 0.3 is 0 Å². The Hall–Kier alpha value is -8.98. The number of fused-ring (bicyclic) bond motifs is 6. The van der Waals surface area contributed by atoms with Gasteiger partial charge in [-0.2, -0.15) is 0 Å². The molecule has 0 amide bonds. The molecule has 0 aliphatic carbocycles. The molecule has 13 rings (SSSR count). The summed E-state index contributed by atoms with van der Waals surface area (Å²) in [6.45, 7) is 8.59. The van der Waals surface area contributed by atoms with Gasteiger partial charge in [0.2, 0.25) is 0 Å². The van der Waals surface area contributed by atoms with E-state index in [9.17, 15) is 0 Å². The molecule has 0 N–H and O–H groups in total. The first-order chi connectivity index (χ1) is 36.0. The van der Waals surface area contributed by atoms with Crippen molar-refractivity contribution < 1.29 is 0 Å². The van der Waals surface area contributed by atoms with Gasteiger partial charge in [-0.15, -0.1) is 0 Å². The van der Waals surface area contributed by atoms with Crippen molar-refractivity contribution in [3.63, 3.8) is 0 Å². The number of aromatic nitrogens is 2. The quantitative estimate of drug-likeness (QED) is 0.136. The molecule has 0 atom stereocenters. The summed E-state index contributed by atoms with van der Waals surface area (Å²) in [5.41, 5.74) is 22.9. The van der Waals surface area contributed by atoms with E-state index in [0.717, 1.165) is 5.69 Å². The zero-order chi connectivity index (χ0) is 49.4. The van der Waals surface area contributed by atoms with Crippen LogP contribution in [0.3, 0.4) is 0 Å². The fourth-order valence-corrected chi connectivity index (χ4v) is 11.0. The molecule has 350 valence electrons. The summed E-state index contributed by atoms with van der Waals surface area (Å²) in [5.74, 6) is 0. The molecule has 2 heterocycles. The SMILES string of the molecule is CC.CC(C)n1c2ccc(-c3cc(-c4ccccc4)cc(-c4ccccc4)c3)cc2c2cc(-c3ccc4c(c3)c3cc(-c5cc(-c6ccccc6)cc(-c6ccccc6)c5)ccc3n4-c3ccccc3)ccc21. The Bertz CT molecular complexity index is 3970. The van der Waals surface area contributed by atoms with Crippen molar-refractivity contribution in [1.82, 2.24) is 9.13 Å². The van der Waals surface area contributed by atoms with E-state index in [-0.39, 0.29) is 6.04 Å². The normalized spacial score (nSPS) is 11.4. The zero-order valence-corrected chi connectivity index (χ0v) is 41.8. The largest absolute Gasteiger partial charge is 0.338 e. The number of rotatable bonds is 9. The Morgan fingerprint density at radius 3 is 0.781 bits per heavy atom. The predicted octanol–water partition coefficient (Wildman–Crippen LogP) is 20.2. The average molecular weight is 937 g/mol. The van der Waals surface area contributed by atoms with Crippen molar-refractivity contribution in [3.05, 3.63) is 261 Å². The molecule has 0 bridgehead atoms. The molecule has 0 aliphatic rings. The Morgan fingerprint density at radius 2 is 0.479 bits per heavy atom. The fourth-order valence-electron chi connectivity index (χ4n) is 11.0. The van der Waals surface area contributed by atoms with Gasteiger partial charge in [0, 0.05) is 44.3 Å². The van der Waals surface area contributed by atoms with Crippen LogP contribution in [0.4, 0.5) is 0 Å². The highest BCUT2D eigenvalue weighted by atomic mass is 15.0. The molecule has 2 heteroatoms. The first-order valence-electron chi connectivity index (χ1n) is 25.8. The van der Waals surface area contributed by atoms with Crippen LogP contribution in [0.15, 0.2) is 261 Å². The molecule has 0 spiro atoms. The van der Waals surface area contributed by atoms with Crippen molar-refractivity contribution in [2.24, 2.45) is 0 Å². The van der Waals surface area contributed by atoms with Gasteiger partial charge in [-0.3, -0.25) is 0 Å². The van der Waals surface area contributed by atoms with Crippen LogP contribution >= 0.6 is 0 Å². The van der Waals surface area contributed by atoms with Crippen LogP contribution < -0.4 is 0 Å². The maximum absolute atomic E-state index is 2.50. The average Bonchev–Trinajstić information content (AvgIpc) is 3.98. The second-order valence-electron chi connectivity index (χ2n) is 19.1. The smallest absolute Gasteiger partial charge is 0.0541 e. The number of benzene rings is 11. The van der Waals surface area contributed by atoms with Crippen LogP contribution in [0.2, 0.25) is 0 Å². The number of nitrogens with zero attached hydrogens (tertiary/aromatic N) is 2. The van der Waals surface area contributed by atoms with Crippen molar-refractivity contribution in [2.45, 2.75) is 33.7 Å². The molecule has 0 aliphatic heterocycles. The number of para-hydroxylation sites is 1. The maximum atomic E-state index is 2.50. The van der Waals surface area contributed by atoms with Crippen LogP contribution in [0.25, 0.3) is 127 Å². The second-order valence-corrected chi connectivity index (χ2v) is 19.1. The number of hydrogen-bond acceptors (Lipinski definition) is 0. The van der Waals surface area contributed by atoms with Crippen molar-refractivity contribution in [1.29, 1.82) is 0 Å². The van der Waals surface area contributed by atoms with Crippen LogP contribution in [0.5, 0.6) is 0 Å². The van der Waals surface area contributed by atoms with Gasteiger partial charge < -0.3 is 9.13 Å². The Morgan fingerprint density at radius 1 is 0.233 bits per heavy atom. The lowest BCUT2D eigenvalue weighted by atomic mass is 9.92. The van der Waals surface area contributed by atoms with E-state index < -0.39 is 0 Å². The minimum absolute atomic E-state index is 0.282. The van der Waals surface area contributed by atoms with Gasteiger partial charge in [-0.25, -0.2) is 0 Å². The van der Waals surface area contributed by atoms with Crippen molar-refractivity contribution in [3.8, 4) is 83.6 Å². The Labute approximate surface area is 428 Å². The summed E-state index contributed by atoms with van der Waals surface area (Å²) in [6.07, 6.45) is 0. The molecule has 73 heavy (non-hydrogen) atoms. The van der Waals surface area contributed by atoms with Crippen molar-refractivity contribution in [2.75, 3.05) is 0 Å². The minimum Gasteiger partial charge on any atom is -0.338 e. The molecule has 0 radical (unpaired) electrons. The van der Waals surface area contributed by atoms with Gasteiger partial charge in [-0.1, -0.05) is 178 Å². The van der Waals surface area contributed by atoms with E-state index in [1.165, 1.54) is 122 Å². The van der Waals surface area contributed by atoms with E-state index in [1.807, 2.05) is 13.8 Å². The molecule has 2 nitrogen and oxygen atoms in total. The van der Waals surface area contributed by atoms with E-state index in [2.05, 4.69) is 284 Å². The lowest BCUT2D eigenvalue weighted by Crippen LogP contribution is -1.99. The van der Waals surface area contributed by atoms with Crippen molar-refractivity contribution >= 4 is 43.6 Å². The molecule has 0 saturated heterocycles. The summed E-state index contributed by atoms with van der Waals surface area (Å²) in [6, 6.07) is 96.3. The maximum Gasteiger partial charge on any atom is 0.0541 e. The molecular weight excluding hydrogens is 881 g/mol. The van der Waals surface area contributed by atoms with Gasteiger partial charge in [0.05, 0.1) is 11.0 Å². The highest BCUT2D eigenvalue weighted by molar-refractivity contribution is 6.13. The summed E-state index contributed by atoms with van der Waals surface area (Å²) in [5, 5.41) is 4.98. The molecular formula is C71H56N2. The Balaban J connectivity index is 0.00000268. The van der Waals surface area contributed by atoms with E-state index in [1.54, 1.807) is 0 Å². The predicted molar refractivity (Wildman–Crippen MR) is 314 cm³/mol. The number of hydrogen-bond donors (Lipinski definition) is 0. The van der Waals surface area contributed by atoms with Gasteiger partial charge in [0.25, 0.3) is 0 Å². The van der Waals surface area contributed by atoms with Crippen LogP contribution in [0.1, 0.15) is 33.7 Å². The zero-order valence-electron chi connectivity index (χ0n) is 41.8. The summed E-state index contributed by atoms with van der Waals surface area (Å²) >= 11 is 0. The highest BCUT2D eigenvalue weighted by Gasteiger charge is 2.19. The highest BCUT2D eigenvalue weighted by Crippen LogP contribution is 2.42. The topological polar surface area (TPSA) is 9.86 Å². The molecule has 13 aromatic rings. The summed E-state index contributed by atoms with van der Waals surface area (Å²) < 4.78 is 4.92. The lowest BCUT2D eigenvalue weighted by Gasteiger charge is -2.13. The second kappa shape index (κ2) is 19.3. The lowest BCUT2D eigenvalue weighted by molar-refractivity contribution is 0.642. The Kier molecular flexibility index (Phi) is 12.0. The minimum atomic E-state index is 0.282. The standard InChI is InChI=1S/C69H50N2.C2H6/c1-46(2)70-66-32-28-51(42-62(66)63-44-53(30-33-67(63)70)59-38-55(47-18-8-3-9-19-47)36-56(39-59)48-20-10-4-11-21-48)52-29-34-68-64(43-52)65-45-54(31-35-69(65)71(68)61-26-16-7-17-27-61)60-40-57(49-22-12-5-13-23-49)37-58(41-60)50-24-14-6-15-25-50;1-2/h3-46H,1-2H3;1-2H3. The summed E-state index contributed by atoms with van der Waals surface area (Å²) in [4.78, 5) is 0. The molecule has 2 aromatic heterocycles. The van der Waals surface area contributed by atoms with Crippen LogP contribution in [-0.2, 0) is 0 Å². The van der Waals surface area contributed by atoms with E-state index in [4.69, 9.17) is 0 Å². The third-order valence-electron chi connectivity index (χ3n) is 14.4. The molecule has 0 saturated carbocycles. The van der Waals surface area contributed by atoms with Crippen LogP contribution in [-0.4, -0.2) is 9.13 Å². The van der Waals surface area contributed by atoms with E-state index in [0.29, 0.717) is 0 Å². The van der Waals surface area contributed by atoms with Crippen LogP contribution in [0, 0.1) is 0 Å². The molecule has 11 aromatic carbocycles.